The smallest absolute Gasteiger partial charge is 0.430 e. The Labute approximate surface area is 134 Å². The van der Waals surface area contributed by atoms with Gasteiger partial charge in [-0.15, -0.1) is 0 Å². The van der Waals surface area contributed by atoms with Gasteiger partial charge >= 0.3 is 15.8 Å². The van der Waals surface area contributed by atoms with Crippen molar-refractivity contribution in [2.45, 2.75) is 11.8 Å². The van der Waals surface area contributed by atoms with E-state index in [1.165, 1.54) is 32.4 Å². The third-order valence-electron chi connectivity index (χ3n) is 3.14. The summed E-state index contributed by atoms with van der Waals surface area (Å²) in [6, 6.07) is 8.98. The molecule has 0 aliphatic rings. The van der Waals surface area contributed by atoms with Crippen molar-refractivity contribution < 1.29 is 22.1 Å². The summed E-state index contributed by atoms with van der Waals surface area (Å²) in [6.07, 6.45) is 0. The van der Waals surface area contributed by atoms with Crippen molar-refractivity contribution in [1.29, 1.82) is 5.39 Å². The fraction of sp³-hybridized carbons (Fsp3) is 0.200. The van der Waals surface area contributed by atoms with Gasteiger partial charge in [0.15, 0.2) is 9.87 Å². The van der Waals surface area contributed by atoms with Gasteiger partial charge in [0.25, 0.3) is 0 Å². The molecule has 0 aliphatic heterocycles. The highest BCUT2D eigenvalue weighted by Gasteiger charge is 2.28. The molecule has 2 rings (SSSR count). The molecular weight excluding hydrogens is 320 g/mol. The fourth-order valence-electron chi connectivity index (χ4n) is 1.97. The second kappa shape index (κ2) is 6.54. The van der Waals surface area contributed by atoms with Crippen molar-refractivity contribution >= 4 is 15.8 Å². The zero-order valence-corrected chi connectivity index (χ0v) is 13.6. The van der Waals surface area contributed by atoms with Gasteiger partial charge in [-0.1, -0.05) is 12.1 Å². The SMILES string of the molecule is COc1ccc(OC)c(S(=O)(=O)Oc2cccc(C)c2[N+]#N)c1. The maximum absolute atomic E-state index is 12.5. The van der Waals surface area contributed by atoms with Crippen LogP contribution in [0, 0.1) is 12.3 Å². The van der Waals surface area contributed by atoms with E-state index < -0.39 is 10.1 Å². The van der Waals surface area contributed by atoms with E-state index in [0.29, 0.717) is 11.3 Å². The molecule has 7 nitrogen and oxygen atoms in total. The van der Waals surface area contributed by atoms with Gasteiger partial charge in [-0.25, -0.2) is 0 Å². The number of hydrogen-bond donors (Lipinski definition) is 0. The van der Waals surface area contributed by atoms with Crippen molar-refractivity contribution in [1.82, 2.24) is 0 Å². The summed E-state index contributed by atoms with van der Waals surface area (Å²) in [4.78, 5) is 2.89. The topological polar surface area (TPSA) is 90.0 Å². The molecule has 0 aliphatic carbocycles. The lowest BCUT2D eigenvalue weighted by atomic mass is 10.2. The molecule has 0 spiro atoms. The van der Waals surface area contributed by atoms with Gasteiger partial charge in [0.2, 0.25) is 11.1 Å². The van der Waals surface area contributed by atoms with Crippen LogP contribution in [-0.2, 0) is 10.1 Å². The third kappa shape index (κ3) is 3.35. The van der Waals surface area contributed by atoms with Crippen LogP contribution in [0.4, 0.5) is 5.69 Å². The number of hydrogen-bond acceptors (Lipinski definition) is 6. The Morgan fingerprint density at radius 1 is 1.04 bits per heavy atom. The van der Waals surface area contributed by atoms with E-state index in [2.05, 4.69) is 4.98 Å². The monoisotopic (exact) mass is 335 g/mol. The largest absolute Gasteiger partial charge is 0.497 e. The summed E-state index contributed by atoms with van der Waals surface area (Å²) in [5, 5.41) is 9.06. The van der Waals surface area contributed by atoms with Gasteiger partial charge in [-0.2, -0.15) is 8.42 Å². The van der Waals surface area contributed by atoms with Gasteiger partial charge < -0.3 is 13.7 Å². The molecule has 0 radical (unpaired) electrons. The van der Waals surface area contributed by atoms with Crippen molar-refractivity contribution in [2.75, 3.05) is 14.2 Å². The zero-order chi connectivity index (χ0) is 17.0. The predicted molar refractivity (Wildman–Crippen MR) is 83.3 cm³/mol. The van der Waals surface area contributed by atoms with Gasteiger partial charge in [0.05, 0.1) is 14.2 Å². The van der Waals surface area contributed by atoms with Crippen LogP contribution in [0.2, 0.25) is 0 Å². The van der Waals surface area contributed by atoms with Crippen molar-refractivity contribution in [3.8, 4) is 17.2 Å². The van der Waals surface area contributed by atoms with E-state index >= 15 is 0 Å². The van der Waals surface area contributed by atoms with Gasteiger partial charge in [0, 0.05) is 11.6 Å². The minimum Gasteiger partial charge on any atom is -0.497 e. The Bertz CT molecular complexity index is 872. The lowest BCUT2D eigenvalue weighted by molar-refractivity contribution is 0.388. The minimum absolute atomic E-state index is 0.0398. The second-order valence-electron chi connectivity index (χ2n) is 4.58. The first-order chi connectivity index (χ1) is 10.9. The molecule has 2 aromatic rings. The molecule has 0 saturated heterocycles. The van der Waals surface area contributed by atoms with E-state index in [-0.39, 0.29) is 22.1 Å². The number of diazo groups is 1. The molecule has 0 saturated carbocycles. The molecule has 8 heteroatoms. The lowest BCUT2D eigenvalue weighted by Crippen LogP contribution is -2.11. The molecule has 0 aromatic heterocycles. The Balaban J connectivity index is 2.53. The average Bonchev–Trinajstić information content (AvgIpc) is 2.54. The summed E-state index contributed by atoms with van der Waals surface area (Å²) in [5.41, 5.74) is 0.607. The highest BCUT2D eigenvalue weighted by Crippen LogP contribution is 2.35. The van der Waals surface area contributed by atoms with Crippen LogP contribution in [-0.4, -0.2) is 22.6 Å². The van der Waals surface area contributed by atoms with Crippen LogP contribution < -0.4 is 13.7 Å². The minimum atomic E-state index is -4.21. The summed E-state index contributed by atoms with van der Waals surface area (Å²) in [5.74, 6) is 0.364. The van der Waals surface area contributed by atoms with Crippen molar-refractivity contribution in [3.05, 3.63) is 46.9 Å². The molecule has 23 heavy (non-hydrogen) atoms. The maximum Gasteiger partial charge on any atom is 0.430 e. The van der Waals surface area contributed by atoms with Crippen molar-refractivity contribution in [3.63, 3.8) is 0 Å². The number of ether oxygens (including phenoxy) is 2. The lowest BCUT2D eigenvalue weighted by Gasteiger charge is -2.11. The van der Waals surface area contributed by atoms with E-state index in [1.807, 2.05) is 0 Å². The van der Waals surface area contributed by atoms with Gasteiger partial charge in [0.1, 0.15) is 11.5 Å². The molecule has 0 fully saturated rings. The van der Waals surface area contributed by atoms with Gasteiger partial charge in [-0.05, 0) is 25.1 Å². The van der Waals surface area contributed by atoms with Crippen molar-refractivity contribution in [2.24, 2.45) is 0 Å². The molecule has 2 aromatic carbocycles. The quantitative estimate of drug-likeness (QED) is 0.615. The second-order valence-corrected chi connectivity index (χ2v) is 6.09. The average molecular weight is 335 g/mol. The maximum atomic E-state index is 12.5. The van der Waals surface area contributed by atoms with Crippen LogP contribution in [0.1, 0.15) is 5.56 Å². The Kier molecular flexibility index (Phi) is 4.71. The number of nitrogens with zero attached hydrogens (tertiary/aromatic N) is 2. The number of aryl methyl sites for hydroxylation is 1. The van der Waals surface area contributed by atoms with Gasteiger partial charge in [-0.3, -0.25) is 0 Å². The number of rotatable bonds is 5. The predicted octanol–water partition coefficient (Wildman–Crippen LogP) is 3.26. The molecule has 0 heterocycles. The third-order valence-corrected chi connectivity index (χ3v) is 4.40. The van der Waals surface area contributed by atoms with Crippen LogP contribution in [0.25, 0.3) is 4.98 Å². The Hall–Kier alpha value is -2.79. The molecule has 0 bridgehead atoms. The Morgan fingerprint density at radius 2 is 1.78 bits per heavy atom. The highest BCUT2D eigenvalue weighted by molar-refractivity contribution is 7.87. The first-order valence-electron chi connectivity index (χ1n) is 6.54. The summed E-state index contributed by atoms with van der Waals surface area (Å²) < 4.78 is 40.3. The molecule has 0 N–H and O–H groups in total. The summed E-state index contributed by atoms with van der Waals surface area (Å²) in [7, 11) is -1.45. The van der Waals surface area contributed by atoms with E-state index in [9.17, 15) is 8.42 Å². The Morgan fingerprint density at radius 3 is 2.39 bits per heavy atom. The fourth-order valence-corrected chi connectivity index (χ4v) is 3.09. The van der Waals surface area contributed by atoms with Crippen LogP contribution >= 0.6 is 0 Å². The molecule has 0 unspecified atom stereocenters. The number of benzene rings is 2. The van der Waals surface area contributed by atoms with E-state index in [4.69, 9.17) is 19.0 Å². The first kappa shape index (κ1) is 16.6. The first-order valence-corrected chi connectivity index (χ1v) is 7.95. The van der Waals surface area contributed by atoms with E-state index in [1.54, 1.807) is 25.1 Å². The highest BCUT2D eigenvalue weighted by atomic mass is 32.2. The standard InChI is InChI=1S/C15H15N2O5S/c1-10-5-4-6-13(15(10)17-16)22-23(18,19)14-9-11(20-2)7-8-12(14)21-3/h4-9H,1-3H3/q+1. The molecule has 120 valence electrons. The van der Waals surface area contributed by atoms with Crippen LogP contribution in [0.3, 0.4) is 0 Å². The van der Waals surface area contributed by atoms with Crippen LogP contribution in [0.5, 0.6) is 17.2 Å². The normalized spacial score (nSPS) is 10.7. The van der Waals surface area contributed by atoms with E-state index in [0.717, 1.165) is 0 Å². The zero-order valence-electron chi connectivity index (χ0n) is 12.8. The molecule has 0 atom stereocenters. The summed E-state index contributed by atoms with van der Waals surface area (Å²) >= 11 is 0. The number of methoxy groups -OCH3 is 2. The van der Waals surface area contributed by atoms with Crippen LogP contribution in [0.15, 0.2) is 41.3 Å². The summed E-state index contributed by atoms with van der Waals surface area (Å²) in [6.45, 7) is 1.67. The molecule has 0 amide bonds. The molecular formula is C15H15N2O5S+.